The van der Waals surface area contributed by atoms with Crippen LogP contribution in [0.5, 0.6) is 5.75 Å². The Hall–Kier alpha value is -3.15. The number of rotatable bonds is 6. The number of anilines is 1. The van der Waals surface area contributed by atoms with Crippen LogP contribution >= 0.6 is 0 Å². The first-order chi connectivity index (χ1) is 14.3. The summed E-state index contributed by atoms with van der Waals surface area (Å²) in [6.07, 6.45) is 1.87. The van der Waals surface area contributed by atoms with Gasteiger partial charge in [-0.1, -0.05) is 30.3 Å². The topological polar surface area (TPSA) is 62.0 Å². The van der Waals surface area contributed by atoms with Gasteiger partial charge in [0, 0.05) is 44.5 Å². The lowest BCUT2D eigenvalue weighted by atomic mass is 10.2. The SMILES string of the molecule is CN=C(NCCc1cc2ccccc2o1)NC1CCN(c2ccccc2OC)C1. The van der Waals surface area contributed by atoms with Crippen LogP contribution in [-0.4, -0.2) is 45.8 Å². The summed E-state index contributed by atoms with van der Waals surface area (Å²) >= 11 is 0. The van der Waals surface area contributed by atoms with Crippen molar-refractivity contribution in [3.8, 4) is 5.75 Å². The first-order valence-corrected chi connectivity index (χ1v) is 10.1. The molecule has 1 aliphatic rings. The van der Waals surface area contributed by atoms with E-state index in [1.54, 1.807) is 7.11 Å². The second-order valence-corrected chi connectivity index (χ2v) is 7.25. The Morgan fingerprint density at radius 2 is 2.03 bits per heavy atom. The second-order valence-electron chi connectivity index (χ2n) is 7.25. The first kappa shape index (κ1) is 19.2. The van der Waals surface area contributed by atoms with Crippen LogP contribution in [0.25, 0.3) is 11.0 Å². The molecule has 3 aromatic rings. The van der Waals surface area contributed by atoms with E-state index in [9.17, 15) is 0 Å². The molecule has 0 spiro atoms. The van der Waals surface area contributed by atoms with Crippen LogP contribution in [0.3, 0.4) is 0 Å². The molecular weight excluding hydrogens is 364 g/mol. The minimum atomic E-state index is 0.345. The average Bonchev–Trinajstić information content (AvgIpc) is 3.39. The lowest BCUT2D eigenvalue weighted by molar-refractivity contribution is 0.415. The Morgan fingerprint density at radius 3 is 2.86 bits per heavy atom. The summed E-state index contributed by atoms with van der Waals surface area (Å²) in [7, 11) is 3.53. The quantitative estimate of drug-likeness (QED) is 0.497. The fourth-order valence-electron chi connectivity index (χ4n) is 3.84. The maximum absolute atomic E-state index is 5.88. The predicted molar refractivity (Wildman–Crippen MR) is 118 cm³/mol. The highest BCUT2D eigenvalue weighted by Crippen LogP contribution is 2.30. The third-order valence-electron chi connectivity index (χ3n) is 5.32. The van der Waals surface area contributed by atoms with E-state index in [1.807, 2.05) is 37.4 Å². The van der Waals surface area contributed by atoms with Gasteiger partial charge in [0.05, 0.1) is 12.8 Å². The molecular formula is C23H28N4O2. The van der Waals surface area contributed by atoms with Crippen molar-refractivity contribution >= 4 is 22.6 Å². The Morgan fingerprint density at radius 1 is 1.21 bits per heavy atom. The molecule has 1 aliphatic heterocycles. The molecule has 152 valence electrons. The van der Waals surface area contributed by atoms with Gasteiger partial charge < -0.3 is 24.7 Å². The molecule has 0 aliphatic carbocycles. The molecule has 1 atom stereocenters. The van der Waals surface area contributed by atoms with E-state index in [4.69, 9.17) is 9.15 Å². The molecule has 1 aromatic heterocycles. The van der Waals surface area contributed by atoms with Gasteiger partial charge in [0.15, 0.2) is 5.96 Å². The van der Waals surface area contributed by atoms with Gasteiger partial charge in [0.25, 0.3) is 0 Å². The molecule has 6 heteroatoms. The summed E-state index contributed by atoms with van der Waals surface area (Å²) < 4.78 is 11.4. The van der Waals surface area contributed by atoms with Crippen molar-refractivity contribution in [2.75, 3.05) is 38.7 Å². The van der Waals surface area contributed by atoms with Crippen LogP contribution < -0.4 is 20.3 Å². The van der Waals surface area contributed by atoms with Gasteiger partial charge in [-0.3, -0.25) is 4.99 Å². The van der Waals surface area contributed by atoms with Crippen molar-refractivity contribution < 1.29 is 9.15 Å². The first-order valence-electron chi connectivity index (χ1n) is 10.1. The Balaban J connectivity index is 1.28. The average molecular weight is 393 g/mol. The zero-order valence-electron chi connectivity index (χ0n) is 17.0. The number of para-hydroxylation sites is 3. The number of nitrogens with zero attached hydrogens (tertiary/aromatic N) is 2. The summed E-state index contributed by atoms with van der Waals surface area (Å²) in [6.45, 7) is 2.68. The fraction of sp³-hybridized carbons (Fsp3) is 0.348. The van der Waals surface area contributed by atoms with Gasteiger partial charge in [-0.15, -0.1) is 0 Å². The summed E-state index contributed by atoms with van der Waals surface area (Å²) in [6, 6.07) is 18.7. The molecule has 2 heterocycles. The van der Waals surface area contributed by atoms with Crippen LogP contribution in [0, 0.1) is 0 Å². The maximum Gasteiger partial charge on any atom is 0.191 e. The van der Waals surface area contributed by atoms with E-state index in [-0.39, 0.29) is 0 Å². The molecule has 0 amide bonds. The molecule has 29 heavy (non-hydrogen) atoms. The van der Waals surface area contributed by atoms with Crippen LogP contribution in [0.4, 0.5) is 5.69 Å². The molecule has 6 nitrogen and oxygen atoms in total. The number of methoxy groups -OCH3 is 1. The summed E-state index contributed by atoms with van der Waals surface area (Å²) in [5, 5.41) is 8.09. The molecule has 2 N–H and O–H groups in total. The summed E-state index contributed by atoms with van der Waals surface area (Å²) in [4.78, 5) is 6.74. The van der Waals surface area contributed by atoms with Crippen molar-refractivity contribution in [3.05, 3.63) is 60.4 Å². The normalized spacial score (nSPS) is 17.0. The minimum absolute atomic E-state index is 0.345. The van der Waals surface area contributed by atoms with Gasteiger partial charge in [-0.05, 0) is 30.7 Å². The lowest BCUT2D eigenvalue weighted by Crippen LogP contribution is -2.45. The standard InChI is InChI=1S/C23H28N4O2/c1-24-23(25-13-11-19-15-17-7-3-5-9-21(17)29-19)26-18-12-14-27(16-18)20-8-4-6-10-22(20)28-2/h3-10,15,18H,11-14,16H2,1-2H3,(H2,24,25,26). The molecule has 0 saturated carbocycles. The number of nitrogens with one attached hydrogen (secondary N) is 2. The minimum Gasteiger partial charge on any atom is -0.495 e. The summed E-state index contributed by atoms with van der Waals surface area (Å²) in [5.41, 5.74) is 2.08. The Kier molecular flexibility index (Phi) is 5.89. The highest BCUT2D eigenvalue weighted by atomic mass is 16.5. The van der Waals surface area contributed by atoms with Crippen molar-refractivity contribution in [1.82, 2.24) is 10.6 Å². The number of benzene rings is 2. The van der Waals surface area contributed by atoms with E-state index < -0.39 is 0 Å². The van der Waals surface area contributed by atoms with E-state index in [0.29, 0.717) is 6.04 Å². The Bertz CT molecular complexity index is 949. The molecule has 2 aromatic carbocycles. The number of hydrogen-bond donors (Lipinski definition) is 2. The predicted octanol–water partition coefficient (Wildman–Crippen LogP) is 3.43. The molecule has 4 rings (SSSR count). The van der Waals surface area contributed by atoms with Crippen molar-refractivity contribution in [1.29, 1.82) is 0 Å². The number of ether oxygens (including phenoxy) is 1. The van der Waals surface area contributed by atoms with E-state index in [0.717, 1.165) is 66.6 Å². The van der Waals surface area contributed by atoms with Crippen LogP contribution in [0.2, 0.25) is 0 Å². The van der Waals surface area contributed by atoms with E-state index in [2.05, 4.69) is 44.8 Å². The largest absolute Gasteiger partial charge is 0.495 e. The third-order valence-corrected chi connectivity index (χ3v) is 5.32. The number of aliphatic imine (C=N–C) groups is 1. The Labute approximate surface area is 171 Å². The number of furan rings is 1. The second kappa shape index (κ2) is 8.90. The van der Waals surface area contributed by atoms with E-state index in [1.165, 1.54) is 0 Å². The molecule has 0 radical (unpaired) electrons. The third kappa shape index (κ3) is 4.47. The van der Waals surface area contributed by atoms with Crippen molar-refractivity contribution in [2.24, 2.45) is 4.99 Å². The zero-order chi connectivity index (χ0) is 20.1. The maximum atomic E-state index is 5.88. The summed E-state index contributed by atoms with van der Waals surface area (Å²) in [5.74, 6) is 2.73. The highest BCUT2D eigenvalue weighted by Gasteiger charge is 2.25. The van der Waals surface area contributed by atoms with Crippen LogP contribution in [-0.2, 0) is 6.42 Å². The molecule has 1 saturated heterocycles. The number of guanidine groups is 1. The molecule has 1 unspecified atom stereocenters. The van der Waals surface area contributed by atoms with Gasteiger partial charge in [-0.2, -0.15) is 0 Å². The molecule has 0 bridgehead atoms. The van der Waals surface area contributed by atoms with Crippen molar-refractivity contribution in [3.63, 3.8) is 0 Å². The van der Waals surface area contributed by atoms with Crippen molar-refractivity contribution in [2.45, 2.75) is 18.9 Å². The van der Waals surface area contributed by atoms with Crippen LogP contribution in [0.15, 0.2) is 64.0 Å². The van der Waals surface area contributed by atoms with E-state index >= 15 is 0 Å². The van der Waals surface area contributed by atoms with Gasteiger partial charge in [0.1, 0.15) is 17.1 Å². The number of fused-ring (bicyclic) bond motifs is 1. The lowest BCUT2D eigenvalue weighted by Gasteiger charge is -2.22. The fourth-order valence-corrected chi connectivity index (χ4v) is 3.84. The van der Waals surface area contributed by atoms with Gasteiger partial charge in [0.2, 0.25) is 0 Å². The number of hydrogen-bond acceptors (Lipinski definition) is 4. The highest BCUT2D eigenvalue weighted by molar-refractivity contribution is 5.80. The van der Waals surface area contributed by atoms with Crippen LogP contribution in [0.1, 0.15) is 12.2 Å². The molecule has 1 fully saturated rings. The monoisotopic (exact) mass is 392 g/mol. The smallest absolute Gasteiger partial charge is 0.191 e. The van der Waals surface area contributed by atoms with Gasteiger partial charge in [-0.25, -0.2) is 0 Å². The van der Waals surface area contributed by atoms with Gasteiger partial charge >= 0.3 is 0 Å². The zero-order valence-corrected chi connectivity index (χ0v) is 17.0.